The summed E-state index contributed by atoms with van der Waals surface area (Å²) in [6.07, 6.45) is 8.69. The number of rotatable bonds is 4. The molecule has 1 atom stereocenters. The Labute approximate surface area is 144 Å². The van der Waals surface area contributed by atoms with Crippen LogP contribution in [0.5, 0.6) is 0 Å². The number of likely N-dealkylation sites (tertiary alicyclic amines) is 1. The molecule has 1 aromatic rings. The number of fused-ring (bicyclic) bond motifs is 1. The summed E-state index contributed by atoms with van der Waals surface area (Å²) >= 11 is 0. The number of aryl methyl sites for hydroxylation is 1. The first kappa shape index (κ1) is 16.1. The lowest BCUT2D eigenvalue weighted by atomic mass is 9.92. The van der Waals surface area contributed by atoms with Gasteiger partial charge in [-0.2, -0.15) is 0 Å². The van der Waals surface area contributed by atoms with Crippen molar-refractivity contribution in [2.24, 2.45) is 5.92 Å². The first-order valence-corrected chi connectivity index (χ1v) is 9.71. The molecule has 1 N–H and O–H groups in total. The average Bonchev–Trinajstić information content (AvgIpc) is 3.24. The maximum absolute atomic E-state index is 12.7. The van der Waals surface area contributed by atoms with Crippen molar-refractivity contribution in [2.45, 2.75) is 63.8 Å². The van der Waals surface area contributed by atoms with Gasteiger partial charge in [0.1, 0.15) is 11.6 Å². The quantitative estimate of drug-likeness (QED) is 0.912. The Morgan fingerprint density at radius 1 is 1.12 bits per heavy atom. The Hall–Kier alpha value is -1.43. The summed E-state index contributed by atoms with van der Waals surface area (Å²) in [5.41, 5.74) is 0. The summed E-state index contributed by atoms with van der Waals surface area (Å²) in [6.45, 7) is 5.04. The zero-order chi connectivity index (χ0) is 16.4. The fraction of sp³-hybridized carbons (Fsp3) is 0.833. The number of hydrogen-bond acceptors (Lipinski definition) is 4. The number of nitrogens with zero attached hydrogens (tertiary/aromatic N) is 4. The number of aromatic nitrogens is 3. The van der Waals surface area contributed by atoms with Gasteiger partial charge < -0.3 is 14.8 Å². The smallest absolute Gasteiger partial charge is 0.222 e. The van der Waals surface area contributed by atoms with Crippen molar-refractivity contribution in [3.05, 3.63) is 11.6 Å². The molecule has 0 bridgehead atoms. The largest absolute Gasteiger partial charge is 0.342 e. The van der Waals surface area contributed by atoms with Crippen LogP contribution in [0.4, 0.5) is 0 Å². The van der Waals surface area contributed by atoms with Gasteiger partial charge in [0.25, 0.3) is 0 Å². The van der Waals surface area contributed by atoms with Crippen molar-refractivity contribution in [1.29, 1.82) is 0 Å². The zero-order valence-corrected chi connectivity index (χ0v) is 14.5. The normalized spacial score (nSPS) is 25.0. The van der Waals surface area contributed by atoms with Crippen molar-refractivity contribution >= 4 is 5.91 Å². The van der Waals surface area contributed by atoms with Gasteiger partial charge in [0.05, 0.1) is 0 Å². The Morgan fingerprint density at radius 3 is 2.88 bits per heavy atom. The summed E-state index contributed by atoms with van der Waals surface area (Å²) in [5.74, 6) is 3.72. The van der Waals surface area contributed by atoms with Crippen LogP contribution in [0, 0.1) is 5.92 Å². The highest BCUT2D eigenvalue weighted by atomic mass is 16.2. The number of nitrogens with one attached hydrogen (secondary N) is 1. The molecule has 0 saturated carbocycles. The van der Waals surface area contributed by atoms with Crippen LogP contribution in [0.1, 0.15) is 62.5 Å². The zero-order valence-electron chi connectivity index (χ0n) is 14.5. The molecule has 4 heterocycles. The van der Waals surface area contributed by atoms with Crippen LogP contribution in [-0.4, -0.2) is 51.8 Å². The molecule has 2 saturated heterocycles. The van der Waals surface area contributed by atoms with Gasteiger partial charge in [-0.05, 0) is 57.5 Å². The van der Waals surface area contributed by atoms with E-state index in [0.717, 1.165) is 82.4 Å². The van der Waals surface area contributed by atoms with Crippen LogP contribution in [0.25, 0.3) is 0 Å². The van der Waals surface area contributed by atoms with Gasteiger partial charge in [-0.1, -0.05) is 0 Å². The van der Waals surface area contributed by atoms with Gasteiger partial charge in [0.15, 0.2) is 0 Å². The molecule has 24 heavy (non-hydrogen) atoms. The minimum absolute atomic E-state index is 0.347. The highest BCUT2D eigenvalue weighted by Gasteiger charge is 2.30. The predicted octanol–water partition coefficient (Wildman–Crippen LogP) is 1.71. The topological polar surface area (TPSA) is 63.1 Å². The molecular formula is C18H29N5O. The van der Waals surface area contributed by atoms with Crippen molar-refractivity contribution < 1.29 is 4.79 Å². The first-order chi connectivity index (χ1) is 11.8. The number of piperidine rings is 2. The number of carbonyl (C=O) groups is 1. The third-order valence-electron chi connectivity index (χ3n) is 6.00. The van der Waals surface area contributed by atoms with E-state index >= 15 is 0 Å². The van der Waals surface area contributed by atoms with E-state index in [1.807, 2.05) is 0 Å². The van der Waals surface area contributed by atoms with Crippen molar-refractivity contribution in [3.63, 3.8) is 0 Å². The number of amides is 1. The summed E-state index contributed by atoms with van der Waals surface area (Å²) in [7, 11) is 0. The number of carbonyl (C=O) groups excluding carboxylic acids is 1. The molecule has 2 fully saturated rings. The van der Waals surface area contributed by atoms with E-state index in [0.29, 0.717) is 11.8 Å². The van der Waals surface area contributed by atoms with Crippen molar-refractivity contribution in [1.82, 2.24) is 25.0 Å². The van der Waals surface area contributed by atoms with E-state index in [2.05, 4.69) is 25.0 Å². The highest BCUT2D eigenvalue weighted by molar-refractivity contribution is 5.76. The SMILES string of the molecule is O=C(CCC1CCNCC1)N1CCCC(c2nnc3n2CCC3)C1. The predicted molar refractivity (Wildman–Crippen MR) is 91.7 cm³/mol. The van der Waals surface area contributed by atoms with Gasteiger partial charge in [-0.3, -0.25) is 4.79 Å². The van der Waals surface area contributed by atoms with Crippen LogP contribution in [-0.2, 0) is 17.8 Å². The molecule has 1 amide bonds. The van der Waals surface area contributed by atoms with Crippen LogP contribution in [0.2, 0.25) is 0 Å². The maximum atomic E-state index is 12.7. The Kier molecular flexibility index (Phi) is 4.83. The third kappa shape index (κ3) is 3.34. The van der Waals surface area contributed by atoms with E-state index in [1.54, 1.807) is 0 Å². The Bertz CT molecular complexity index is 578. The lowest BCUT2D eigenvalue weighted by Gasteiger charge is -2.33. The highest BCUT2D eigenvalue weighted by Crippen LogP contribution is 2.29. The number of hydrogen-bond donors (Lipinski definition) is 1. The molecule has 4 rings (SSSR count). The third-order valence-corrected chi connectivity index (χ3v) is 6.00. The monoisotopic (exact) mass is 331 g/mol. The molecule has 6 nitrogen and oxygen atoms in total. The Balaban J connectivity index is 1.33. The molecule has 0 radical (unpaired) electrons. The first-order valence-electron chi connectivity index (χ1n) is 9.71. The standard InChI is InChI=1S/C18H29N5O/c24-17(6-5-14-7-9-19-10-8-14)22-11-1-3-15(13-22)18-21-20-16-4-2-12-23(16)18/h14-15,19H,1-13H2. The molecule has 0 aromatic carbocycles. The molecule has 3 aliphatic heterocycles. The van der Waals surface area contributed by atoms with Crippen molar-refractivity contribution in [3.8, 4) is 0 Å². The molecule has 132 valence electrons. The lowest BCUT2D eigenvalue weighted by molar-refractivity contribution is -0.132. The van der Waals surface area contributed by atoms with Crippen LogP contribution in [0.15, 0.2) is 0 Å². The molecule has 3 aliphatic rings. The van der Waals surface area contributed by atoms with Crippen LogP contribution in [0.3, 0.4) is 0 Å². The fourth-order valence-electron chi connectivity index (χ4n) is 4.55. The van der Waals surface area contributed by atoms with E-state index < -0.39 is 0 Å². The van der Waals surface area contributed by atoms with E-state index in [-0.39, 0.29) is 0 Å². The summed E-state index contributed by atoms with van der Waals surface area (Å²) < 4.78 is 2.30. The summed E-state index contributed by atoms with van der Waals surface area (Å²) in [4.78, 5) is 14.7. The van der Waals surface area contributed by atoms with Gasteiger partial charge in [-0.25, -0.2) is 0 Å². The van der Waals surface area contributed by atoms with Gasteiger partial charge >= 0.3 is 0 Å². The molecule has 0 spiro atoms. The van der Waals surface area contributed by atoms with Crippen molar-refractivity contribution in [2.75, 3.05) is 26.2 Å². The minimum Gasteiger partial charge on any atom is -0.342 e. The lowest BCUT2D eigenvalue weighted by Crippen LogP contribution is -2.40. The molecule has 1 aromatic heterocycles. The molecule has 6 heteroatoms. The fourth-order valence-corrected chi connectivity index (χ4v) is 4.55. The Morgan fingerprint density at radius 2 is 2.00 bits per heavy atom. The summed E-state index contributed by atoms with van der Waals surface area (Å²) in [5, 5.41) is 12.2. The van der Waals surface area contributed by atoms with Crippen LogP contribution < -0.4 is 5.32 Å². The minimum atomic E-state index is 0.347. The van der Waals surface area contributed by atoms with E-state index in [1.165, 1.54) is 19.3 Å². The van der Waals surface area contributed by atoms with Crippen LogP contribution >= 0.6 is 0 Å². The molecule has 0 aliphatic carbocycles. The van der Waals surface area contributed by atoms with Gasteiger partial charge in [0, 0.05) is 38.4 Å². The second-order valence-electron chi connectivity index (χ2n) is 7.64. The second kappa shape index (κ2) is 7.21. The van der Waals surface area contributed by atoms with E-state index in [9.17, 15) is 4.79 Å². The van der Waals surface area contributed by atoms with Gasteiger partial charge in [-0.15, -0.1) is 10.2 Å². The summed E-state index contributed by atoms with van der Waals surface area (Å²) in [6, 6.07) is 0. The van der Waals surface area contributed by atoms with E-state index in [4.69, 9.17) is 0 Å². The maximum Gasteiger partial charge on any atom is 0.222 e. The van der Waals surface area contributed by atoms with Gasteiger partial charge in [0.2, 0.25) is 5.91 Å². The molecular weight excluding hydrogens is 302 g/mol. The average molecular weight is 331 g/mol. The molecule has 1 unspecified atom stereocenters. The second-order valence-corrected chi connectivity index (χ2v) is 7.64.